The van der Waals surface area contributed by atoms with Crippen molar-refractivity contribution in [2.75, 3.05) is 30.8 Å². The Labute approximate surface area is 107 Å². The topological polar surface area (TPSA) is 90.4 Å². The first-order valence-corrected chi connectivity index (χ1v) is 5.37. The van der Waals surface area contributed by atoms with Crippen molar-refractivity contribution in [1.29, 1.82) is 0 Å². The molecule has 0 saturated carbocycles. The highest BCUT2D eigenvalue weighted by atomic mass is 19.4. The molecule has 1 aromatic carbocycles. The van der Waals surface area contributed by atoms with E-state index in [2.05, 4.69) is 10.1 Å². The van der Waals surface area contributed by atoms with Gasteiger partial charge in [-0.05, 0) is 18.2 Å². The Balaban J connectivity index is 2.45. The van der Waals surface area contributed by atoms with Gasteiger partial charge < -0.3 is 21.5 Å². The van der Waals surface area contributed by atoms with Gasteiger partial charge in [-0.1, -0.05) is 0 Å². The zero-order chi connectivity index (χ0) is 14.5. The Bertz CT molecular complexity index is 449. The van der Waals surface area contributed by atoms with Crippen LogP contribution in [-0.4, -0.2) is 31.8 Å². The fraction of sp³-hybridized carbons (Fsp3) is 0.364. The van der Waals surface area contributed by atoms with Crippen molar-refractivity contribution in [2.45, 2.75) is 6.18 Å². The first kappa shape index (κ1) is 15.1. The molecule has 0 saturated heterocycles. The minimum Gasteiger partial charge on any atom is -0.397 e. The van der Waals surface area contributed by atoms with Crippen molar-refractivity contribution in [3.8, 4) is 0 Å². The van der Waals surface area contributed by atoms with E-state index in [4.69, 9.17) is 11.5 Å². The van der Waals surface area contributed by atoms with E-state index in [0.29, 0.717) is 11.4 Å². The normalized spacial score (nSPS) is 11.3. The minimum atomic E-state index is -4.34. The maximum atomic E-state index is 11.8. The number of carbonyl (C=O) groups is 1. The number of nitrogens with one attached hydrogen (secondary N) is 1. The minimum absolute atomic E-state index is 0.127. The second-order valence-electron chi connectivity index (χ2n) is 3.76. The zero-order valence-electron chi connectivity index (χ0n) is 9.96. The van der Waals surface area contributed by atoms with Crippen molar-refractivity contribution in [3.63, 3.8) is 0 Å². The van der Waals surface area contributed by atoms with E-state index in [1.165, 1.54) is 18.2 Å². The molecular weight excluding hydrogens is 263 g/mol. The molecule has 8 heteroatoms. The van der Waals surface area contributed by atoms with Crippen LogP contribution in [0, 0.1) is 0 Å². The lowest BCUT2D eigenvalue weighted by molar-refractivity contribution is -0.172. The van der Waals surface area contributed by atoms with Crippen molar-refractivity contribution in [1.82, 2.24) is 0 Å². The molecule has 0 unspecified atom stereocenters. The van der Waals surface area contributed by atoms with Crippen molar-refractivity contribution >= 4 is 17.3 Å². The molecule has 19 heavy (non-hydrogen) atoms. The molecule has 0 atom stereocenters. The first-order chi connectivity index (χ1) is 8.79. The van der Waals surface area contributed by atoms with Crippen LogP contribution in [0.5, 0.6) is 0 Å². The van der Waals surface area contributed by atoms with Crippen molar-refractivity contribution in [3.05, 3.63) is 23.8 Å². The van der Waals surface area contributed by atoms with Crippen LogP contribution in [0.1, 0.15) is 10.4 Å². The number of alkyl halides is 3. The average molecular weight is 277 g/mol. The summed E-state index contributed by atoms with van der Waals surface area (Å²) in [5.41, 5.74) is 11.8. The number of nitrogen functional groups attached to an aromatic ring is 1. The van der Waals surface area contributed by atoms with Gasteiger partial charge in [0.05, 0.1) is 18.0 Å². The van der Waals surface area contributed by atoms with Gasteiger partial charge in [-0.15, -0.1) is 0 Å². The van der Waals surface area contributed by atoms with Gasteiger partial charge in [-0.2, -0.15) is 13.2 Å². The standard InChI is InChI=1S/C11H14F3N3O2/c12-11(13,14)6-19-4-3-17-9-5-7(10(16)18)1-2-8(9)15/h1-2,5,17H,3-4,6,15H2,(H2,16,18). The Morgan fingerprint density at radius 3 is 2.63 bits per heavy atom. The zero-order valence-corrected chi connectivity index (χ0v) is 9.96. The Kier molecular flexibility index (Phi) is 4.99. The number of ether oxygens (including phenoxy) is 1. The lowest BCUT2D eigenvalue weighted by atomic mass is 10.1. The number of primary amides is 1. The highest BCUT2D eigenvalue weighted by Crippen LogP contribution is 2.19. The SMILES string of the molecule is NC(=O)c1ccc(N)c(NCCOCC(F)(F)F)c1. The summed E-state index contributed by atoms with van der Waals surface area (Å²) >= 11 is 0. The van der Waals surface area contributed by atoms with E-state index in [-0.39, 0.29) is 18.7 Å². The van der Waals surface area contributed by atoms with Crippen LogP contribution in [0.3, 0.4) is 0 Å². The van der Waals surface area contributed by atoms with Crippen LogP contribution in [0.15, 0.2) is 18.2 Å². The Morgan fingerprint density at radius 2 is 2.05 bits per heavy atom. The molecular formula is C11H14F3N3O2. The van der Waals surface area contributed by atoms with Crippen LogP contribution in [0.25, 0.3) is 0 Å². The Morgan fingerprint density at radius 1 is 1.37 bits per heavy atom. The molecule has 0 heterocycles. The van der Waals surface area contributed by atoms with Crippen molar-refractivity contribution in [2.24, 2.45) is 5.73 Å². The summed E-state index contributed by atoms with van der Waals surface area (Å²) in [6.07, 6.45) is -4.34. The van der Waals surface area contributed by atoms with Crippen LogP contribution >= 0.6 is 0 Å². The van der Waals surface area contributed by atoms with Gasteiger partial charge in [0.2, 0.25) is 5.91 Å². The second-order valence-corrected chi connectivity index (χ2v) is 3.76. The van der Waals surface area contributed by atoms with Gasteiger partial charge in [0, 0.05) is 12.1 Å². The molecule has 0 bridgehead atoms. The third kappa shape index (κ3) is 5.47. The summed E-state index contributed by atoms with van der Waals surface area (Å²) in [4.78, 5) is 11.0. The largest absolute Gasteiger partial charge is 0.411 e. The molecule has 1 amide bonds. The predicted octanol–water partition coefficient (Wildman–Crippen LogP) is 1.36. The van der Waals surface area contributed by atoms with E-state index in [1.54, 1.807) is 0 Å². The molecule has 5 nitrogen and oxygen atoms in total. The maximum absolute atomic E-state index is 11.8. The number of benzene rings is 1. The third-order valence-corrected chi connectivity index (χ3v) is 2.17. The number of anilines is 2. The van der Waals surface area contributed by atoms with Crippen LogP contribution in [0.2, 0.25) is 0 Å². The van der Waals surface area contributed by atoms with Crippen molar-refractivity contribution < 1.29 is 22.7 Å². The number of hydrogen-bond donors (Lipinski definition) is 3. The van der Waals surface area contributed by atoms with Crippen LogP contribution < -0.4 is 16.8 Å². The monoisotopic (exact) mass is 277 g/mol. The van der Waals surface area contributed by atoms with E-state index in [0.717, 1.165) is 0 Å². The van der Waals surface area contributed by atoms with Gasteiger partial charge in [-0.3, -0.25) is 4.79 Å². The fourth-order valence-corrected chi connectivity index (χ4v) is 1.31. The summed E-state index contributed by atoms with van der Waals surface area (Å²) in [5, 5.41) is 2.77. The molecule has 106 valence electrons. The van der Waals surface area contributed by atoms with E-state index in [9.17, 15) is 18.0 Å². The summed E-state index contributed by atoms with van der Waals surface area (Å²) in [6, 6.07) is 4.38. The third-order valence-electron chi connectivity index (χ3n) is 2.17. The summed E-state index contributed by atoms with van der Waals surface area (Å²) in [6.45, 7) is -1.31. The fourth-order valence-electron chi connectivity index (χ4n) is 1.31. The molecule has 1 rings (SSSR count). The van der Waals surface area contributed by atoms with E-state index >= 15 is 0 Å². The molecule has 0 aromatic heterocycles. The molecule has 0 radical (unpaired) electrons. The molecule has 0 spiro atoms. The number of hydrogen-bond acceptors (Lipinski definition) is 4. The molecule has 0 fully saturated rings. The van der Waals surface area contributed by atoms with E-state index < -0.39 is 18.7 Å². The lowest BCUT2D eigenvalue weighted by Crippen LogP contribution is -2.20. The average Bonchev–Trinajstić information content (AvgIpc) is 2.29. The summed E-state index contributed by atoms with van der Waals surface area (Å²) in [5.74, 6) is -0.614. The number of amides is 1. The van der Waals surface area contributed by atoms with Gasteiger partial charge in [0.25, 0.3) is 0 Å². The second kappa shape index (κ2) is 6.28. The predicted molar refractivity (Wildman–Crippen MR) is 64.7 cm³/mol. The van der Waals surface area contributed by atoms with Gasteiger partial charge in [0.15, 0.2) is 0 Å². The summed E-state index contributed by atoms with van der Waals surface area (Å²) < 4.78 is 39.8. The van der Waals surface area contributed by atoms with Crippen LogP contribution in [0.4, 0.5) is 24.5 Å². The van der Waals surface area contributed by atoms with Crippen LogP contribution in [-0.2, 0) is 4.74 Å². The number of rotatable bonds is 6. The summed E-state index contributed by atoms with van der Waals surface area (Å²) in [7, 11) is 0. The quantitative estimate of drug-likeness (QED) is 0.541. The number of nitrogens with two attached hydrogens (primary N) is 2. The van der Waals surface area contributed by atoms with Gasteiger partial charge in [-0.25, -0.2) is 0 Å². The first-order valence-electron chi connectivity index (χ1n) is 5.37. The highest BCUT2D eigenvalue weighted by molar-refractivity contribution is 5.94. The number of carbonyl (C=O) groups excluding carboxylic acids is 1. The van der Waals surface area contributed by atoms with Gasteiger partial charge in [0.1, 0.15) is 6.61 Å². The molecule has 0 aliphatic rings. The molecule has 1 aromatic rings. The Hall–Kier alpha value is -1.96. The molecule has 0 aliphatic heterocycles. The molecule has 5 N–H and O–H groups in total. The van der Waals surface area contributed by atoms with E-state index in [1.807, 2.05) is 0 Å². The highest BCUT2D eigenvalue weighted by Gasteiger charge is 2.27. The number of halogens is 3. The smallest absolute Gasteiger partial charge is 0.397 e. The molecule has 0 aliphatic carbocycles. The van der Waals surface area contributed by atoms with Gasteiger partial charge >= 0.3 is 6.18 Å². The maximum Gasteiger partial charge on any atom is 0.411 e. The lowest BCUT2D eigenvalue weighted by Gasteiger charge is -2.11.